The second-order valence-electron chi connectivity index (χ2n) is 3.87. The van der Waals surface area contributed by atoms with Gasteiger partial charge in [0.25, 0.3) is 0 Å². The maximum absolute atomic E-state index is 5.54. The molecule has 0 radical (unpaired) electrons. The van der Waals surface area contributed by atoms with Crippen molar-refractivity contribution in [3.05, 3.63) is 41.6 Å². The highest BCUT2D eigenvalue weighted by Gasteiger charge is 2.17. The predicted molar refractivity (Wildman–Crippen MR) is 60.4 cm³/mol. The molecule has 0 aliphatic rings. The Labute approximate surface area is 94.2 Å². The van der Waals surface area contributed by atoms with E-state index in [1.54, 1.807) is 10.9 Å². The molecule has 5 heteroatoms. The molecule has 1 atom stereocenters. The standard InChI is InChI=1S/C11H16N4O/c1-8-4-6-16-11(8)10(13-12)7-9-3-5-15(2)14-9/h3-6,10,13H,7,12H2,1-2H3. The molecule has 0 aliphatic carbocycles. The summed E-state index contributed by atoms with van der Waals surface area (Å²) in [6.45, 7) is 2.00. The van der Waals surface area contributed by atoms with Gasteiger partial charge in [-0.15, -0.1) is 0 Å². The fourth-order valence-electron chi connectivity index (χ4n) is 1.75. The van der Waals surface area contributed by atoms with Crippen molar-refractivity contribution < 1.29 is 4.42 Å². The number of hydrazine groups is 1. The second-order valence-corrected chi connectivity index (χ2v) is 3.87. The van der Waals surface area contributed by atoms with Gasteiger partial charge < -0.3 is 4.42 Å². The van der Waals surface area contributed by atoms with Gasteiger partial charge in [-0.2, -0.15) is 5.10 Å². The number of hydrogen-bond donors (Lipinski definition) is 2. The molecule has 0 bridgehead atoms. The van der Waals surface area contributed by atoms with Gasteiger partial charge in [-0.1, -0.05) is 0 Å². The van der Waals surface area contributed by atoms with Crippen LogP contribution in [0.4, 0.5) is 0 Å². The van der Waals surface area contributed by atoms with Crippen LogP contribution in [0.3, 0.4) is 0 Å². The molecule has 2 aromatic heterocycles. The van der Waals surface area contributed by atoms with Crippen LogP contribution in [-0.4, -0.2) is 9.78 Å². The maximum atomic E-state index is 5.54. The van der Waals surface area contributed by atoms with Crippen LogP contribution in [0.5, 0.6) is 0 Å². The van der Waals surface area contributed by atoms with E-state index >= 15 is 0 Å². The number of nitrogens with one attached hydrogen (secondary N) is 1. The number of nitrogens with two attached hydrogens (primary N) is 1. The Bertz CT molecular complexity index is 460. The number of furan rings is 1. The summed E-state index contributed by atoms with van der Waals surface area (Å²) in [4.78, 5) is 0. The summed E-state index contributed by atoms with van der Waals surface area (Å²) in [5, 5.41) is 4.32. The minimum atomic E-state index is -0.0371. The van der Waals surface area contributed by atoms with E-state index < -0.39 is 0 Å². The molecular formula is C11H16N4O. The lowest BCUT2D eigenvalue weighted by atomic mass is 10.1. The molecule has 86 valence electrons. The third-order valence-corrected chi connectivity index (χ3v) is 2.60. The van der Waals surface area contributed by atoms with E-state index in [4.69, 9.17) is 10.3 Å². The molecule has 2 aromatic rings. The van der Waals surface area contributed by atoms with Gasteiger partial charge in [-0.3, -0.25) is 10.5 Å². The second kappa shape index (κ2) is 4.51. The smallest absolute Gasteiger partial charge is 0.125 e. The first-order chi connectivity index (χ1) is 7.70. The summed E-state index contributed by atoms with van der Waals surface area (Å²) in [6, 6.07) is 3.87. The summed E-state index contributed by atoms with van der Waals surface area (Å²) in [5.74, 6) is 6.41. The van der Waals surface area contributed by atoms with Crippen LogP contribution in [0.1, 0.15) is 23.1 Å². The molecule has 1 unspecified atom stereocenters. The molecule has 16 heavy (non-hydrogen) atoms. The quantitative estimate of drug-likeness (QED) is 0.597. The van der Waals surface area contributed by atoms with Crippen LogP contribution in [0.2, 0.25) is 0 Å². The van der Waals surface area contributed by atoms with E-state index in [-0.39, 0.29) is 6.04 Å². The first-order valence-corrected chi connectivity index (χ1v) is 5.19. The zero-order valence-electron chi connectivity index (χ0n) is 9.47. The van der Waals surface area contributed by atoms with Gasteiger partial charge in [-0.25, -0.2) is 5.43 Å². The Morgan fingerprint density at radius 1 is 1.56 bits per heavy atom. The SMILES string of the molecule is Cc1ccoc1C(Cc1ccn(C)n1)NN. The summed E-state index contributed by atoms with van der Waals surface area (Å²) < 4.78 is 7.19. The summed E-state index contributed by atoms with van der Waals surface area (Å²) in [7, 11) is 1.90. The predicted octanol–water partition coefficient (Wildman–Crippen LogP) is 1.07. The molecule has 0 fully saturated rings. The Balaban J connectivity index is 2.15. The Kier molecular flexibility index (Phi) is 3.07. The van der Waals surface area contributed by atoms with E-state index in [2.05, 4.69) is 10.5 Å². The highest BCUT2D eigenvalue weighted by molar-refractivity contribution is 5.19. The van der Waals surface area contributed by atoms with Crippen molar-refractivity contribution in [1.82, 2.24) is 15.2 Å². The van der Waals surface area contributed by atoms with Gasteiger partial charge in [0.2, 0.25) is 0 Å². The zero-order valence-corrected chi connectivity index (χ0v) is 9.47. The highest BCUT2D eigenvalue weighted by atomic mass is 16.3. The Morgan fingerprint density at radius 3 is 2.88 bits per heavy atom. The van der Waals surface area contributed by atoms with Crippen LogP contribution in [-0.2, 0) is 13.5 Å². The van der Waals surface area contributed by atoms with Crippen LogP contribution in [0, 0.1) is 6.92 Å². The minimum absolute atomic E-state index is 0.0371. The lowest BCUT2D eigenvalue weighted by Crippen LogP contribution is -2.29. The van der Waals surface area contributed by atoms with Gasteiger partial charge >= 0.3 is 0 Å². The third-order valence-electron chi connectivity index (χ3n) is 2.60. The van der Waals surface area contributed by atoms with Crippen LogP contribution in [0.25, 0.3) is 0 Å². The van der Waals surface area contributed by atoms with Gasteiger partial charge in [0.05, 0.1) is 18.0 Å². The van der Waals surface area contributed by atoms with Crippen LogP contribution in [0.15, 0.2) is 29.0 Å². The highest BCUT2D eigenvalue weighted by Crippen LogP contribution is 2.21. The fourth-order valence-corrected chi connectivity index (χ4v) is 1.75. The van der Waals surface area contributed by atoms with E-state index in [9.17, 15) is 0 Å². The van der Waals surface area contributed by atoms with Gasteiger partial charge in [0.1, 0.15) is 5.76 Å². The average molecular weight is 220 g/mol. The van der Waals surface area contributed by atoms with Gasteiger partial charge in [0.15, 0.2) is 0 Å². The van der Waals surface area contributed by atoms with Crippen molar-refractivity contribution >= 4 is 0 Å². The average Bonchev–Trinajstić information content (AvgIpc) is 2.84. The molecule has 2 heterocycles. The maximum Gasteiger partial charge on any atom is 0.125 e. The summed E-state index contributed by atoms with van der Waals surface area (Å²) in [5.41, 5.74) is 4.84. The van der Waals surface area contributed by atoms with Crippen molar-refractivity contribution in [3.8, 4) is 0 Å². The normalized spacial score (nSPS) is 12.9. The fraction of sp³-hybridized carbons (Fsp3) is 0.364. The van der Waals surface area contributed by atoms with E-state index in [0.29, 0.717) is 6.42 Å². The van der Waals surface area contributed by atoms with Gasteiger partial charge in [-0.05, 0) is 24.6 Å². The van der Waals surface area contributed by atoms with Crippen LogP contribution < -0.4 is 11.3 Å². The van der Waals surface area contributed by atoms with E-state index in [0.717, 1.165) is 17.0 Å². The van der Waals surface area contributed by atoms with Gasteiger partial charge in [0, 0.05) is 19.7 Å². The van der Waals surface area contributed by atoms with E-state index in [1.165, 1.54) is 0 Å². The zero-order chi connectivity index (χ0) is 11.5. The molecule has 3 N–H and O–H groups in total. The lowest BCUT2D eigenvalue weighted by molar-refractivity contribution is 0.410. The molecule has 0 amide bonds. The molecule has 0 aliphatic heterocycles. The molecule has 0 saturated carbocycles. The first-order valence-electron chi connectivity index (χ1n) is 5.19. The molecule has 2 rings (SSSR count). The monoisotopic (exact) mass is 220 g/mol. The molecule has 0 aromatic carbocycles. The van der Waals surface area contributed by atoms with Crippen molar-refractivity contribution in [1.29, 1.82) is 0 Å². The number of nitrogens with zero attached hydrogens (tertiary/aromatic N) is 2. The van der Waals surface area contributed by atoms with Crippen molar-refractivity contribution in [2.75, 3.05) is 0 Å². The minimum Gasteiger partial charge on any atom is -0.467 e. The number of aryl methyl sites for hydroxylation is 2. The lowest BCUT2D eigenvalue weighted by Gasteiger charge is -2.12. The van der Waals surface area contributed by atoms with Crippen molar-refractivity contribution in [3.63, 3.8) is 0 Å². The number of hydrogen-bond acceptors (Lipinski definition) is 4. The van der Waals surface area contributed by atoms with Crippen LogP contribution >= 0.6 is 0 Å². The molecule has 5 nitrogen and oxygen atoms in total. The molecular weight excluding hydrogens is 204 g/mol. The van der Waals surface area contributed by atoms with E-state index in [1.807, 2.05) is 32.3 Å². The summed E-state index contributed by atoms with van der Waals surface area (Å²) >= 11 is 0. The topological polar surface area (TPSA) is 69.0 Å². The summed E-state index contributed by atoms with van der Waals surface area (Å²) in [6.07, 6.45) is 4.30. The number of aromatic nitrogens is 2. The Morgan fingerprint density at radius 2 is 2.38 bits per heavy atom. The first kappa shape index (κ1) is 10.9. The largest absolute Gasteiger partial charge is 0.467 e. The third kappa shape index (κ3) is 2.15. The Hall–Kier alpha value is -1.59. The van der Waals surface area contributed by atoms with Crippen molar-refractivity contribution in [2.24, 2.45) is 12.9 Å². The van der Waals surface area contributed by atoms with Crippen molar-refractivity contribution in [2.45, 2.75) is 19.4 Å². The number of rotatable bonds is 4. The molecule has 0 spiro atoms. The molecule has 0 saturated heterocycles.